The maximum atomic E-state index is 12.2. The smallest absolute Gasteiger partial charge is 0.230 e. The molecule has 3 nitrogen and oxygen atoms in total. The fraction of sp³-hybridized carbons (Fsp3) is 0.316. The van der Waals surface area contributed by atoms with Crippen LogP contribution >= 0.6 is 11.8 Å². The molecule has 1 aliphatic heterocycles. The Labute approximate surface area is 141 Å². The number of hydrogen-bond donors (Lipinski definition) is 1. The van der Waals surface area contributed by atoms with Crippen molar-refractivity contribution in [1.82, 2.24) is 5.32 Å². The number of amides is 1. The van der Waals surface area contributed by atoms with Gasteiger partial charge in [-0.2, -0.15) is 0 Å². The Hall–Kier alpha value is -1.94. The predicted octanol–water partition coefficient (Wildman–Crippen LogP) is 3.87. The first-order chi connectivity index (χ1) is 11.2. The van der Waals surface area contributed by atoms with E-state index in [-0.39, 0.29) is 11.9 Å². The predicted molar refractivity (Wildman–Crippen MR) is 94.8 cm³/mol. The minimum absolute atomic E-state index is 0.0624. The summed E-state index contributed by atoms with van der Waals surface area (Å²) < 4.78 is 5.63. The number of aryl methyl sites for hydroxylation is 1. The number of carbonyl (C=O) groups is 1. The topological polar surface area (TPSA) is 38.3 Å². The van der Waals surface area contributed by atoms with Gasteiger partial charge in [0.2, 0.25) is 5.91 Å². The van der Waals surface area contributed by atoms with Gasteiger partial charge in [0.1, 0.15) is 5.75 Å². The van der Waals surface area contributed by atoms with Crippen LogP contribution in [0.3, 0.4) is 0 Å². The summed E-state index contributed by atoms with van der Waals surface area (Å²) in [4.78, 5) is 12.2. The Kier molecular flexibility index (Phi) is 5.23. The highest BCUT2D eigenvalue weighted by Gasteiger charge is 2.22. The monoisotopic (exact) mass is 327 g/mol. The Balaban J connectivity index is 1.49. The van der Waals surface area contributed by atoms with Gasteiger partial charge < -0.3 is 10.1 Å². The molecule has 0 saturated carbocycles. The summed E-state index contributed by atoms with van der Waals surface area (Å²) in [6.45, 7) is 2.73. The van der Waals surface area contributed by atoms with Crippen LogP contribution in [-0.4, -0.2) is 18.3 Å². The van der Waals surface area contributed by atoms with Crippen LogP contribution in [0.15, 0.2) is 48.5 Å². The van der Waals surface area contributed by atoms with Gasteiger partial charge >= 0.3 is 0 Å². The molecule has 2 aromatic carbocycles. The van der Waals surface area contributed by atoms with Crippen molar-refractivity contribution in [3.8, 4) is 5.75 Å². The van der Waals surface area contributed by atoms with Crippen LogP contribution in [-0.2, 0) is 10.5 Å². The van der Waals surface area contributed by atoms with Gasteiger partial charge in [-0.15, -0.1) is 11.8 Å². The average Bonchev–Trinajstić information content (AvgIpc) is 2.57. The molecule has 4 heteroatoms. The molecule has 0 saturated heterocycles. The fourth-order valence-electron chi connectivity index (χ4n) is 2.67. The van der Waals surface area contributed by atoms with Crippen molar-refractivity contribution in [2.24, 2.45) is 0 Å². The number of nitrogens with one attached hydrogen (secondary N) is 1. The van der Waals surface area contributed by atoms with E-state index < -0.39 is 0 Å². The van der Waals surface area contributed by atoms with E-state index in [2.05, 4.69) is 36.5 Å². The van der Waals surface area contributed by atoms with Gasteiger partial charge in [0.05, 0.1) is 18.4 Å². The van der Waals surface area contributed by atoms with Crippen LogP contribution < -0.4 is 10.1 Å². The van der Waals surface area contributed by atoms with Gasteiger partial charge in [-0.3, -0.25) is 4.79 Å². The first-order valence-corrected chi connectivity index (χ1v) is 9.02. The zero-order valence-electron chi connectivity index (χ0n) is 13.2. The molecular weight excluding hydrogens is 306 g/mol. The van der Waals surface area contributed by atoms with Gasteiger partial charge in [-0.05, 0) is 18.6 Å². The van der Waals surface area contributed by atoms with Crippen molar-refractivity contribution in [1.29, 1.82) is 0 Å². The lowest BCUT2D eigenvalue weighted by atomic mass is 10.0. The molecule has 0 bridgehead atoms. The van der Waals surface area contributed by atoms with Gasteiger partial charge in [0, 0.05) is 17.7 Å². The lowest BCUT2D eigenvalue weighted by Crippen LogP contribution is -2.33. The largest absolute Gasteiger partial charge is 0.493 e. The van der Waals surface area contributed by atoms with Crippen LogP contribution in [0.25, 0.3) is 0 Å². The summed E-state index contributed by atoms with van der Waals surface area (Å²) in [5, 5.41) is 3.13. The van der Waals surface area contributed by atoms with E-state index in [0.717, 1.165) is 23.5 Å². The van der Waals surface area contributed by atoms with Gasteiger partial charge in [0.25, 0.3) is 0 Å². The van der Waals surface area contributed by atoms with Gasteiger partial charge in [-0.1, -0.05) is 48.0 Å². The molecule has 120 valence electrons. The van der Waals surface area contributed by atoms with Crippen molar-refractivity contribution in [2.45, 2.75) is 25.1 Å². The molecule has 0 fully saturated rings. The number of hydrogen-bond acceptors (Lipinski definition) is 3. The normalized spacial score (nSPS) is 16.3. The van der Waals surface area contributed by atoms with Crippen LogP contribution in [0.2, 0.25) is 0 Å². The summed E-state index contributed by atoms with van der Waals surface area (Å²) in [6.07, 6.45) is 0.825. The SMILES string of the molecule is Cc1ccc(CSCC(=O)NC2CCOc3ccccc32)cc1. The van der Waals surface area contributed by atoms with E-state index in [1.54, 1.807) is 11.8 Å². The standard InChI is InChI=1S/C19H21NO2S/c1-14-6-8-15(9-7-14)12-23-13-19(21)20-17-10-11-22-18-5-3-2-4-16(17)18/h2-9,17H,10-13H2,1H3,(H,20,21). The molecule has 1 aliphatic rings. The van der Waals surface area contributed by atoms with Crippen LogP contribution in [0, 0.1) is 6.92 Å². The summed E-state index contributed by atoms with van der Waals surface area (Å²) in [5.74, 6) is 2.31. The van der Waals surface area contributed by atoms with E-state index in [1.807, 2.05) is 24.3 Å². The second kappa shape index (κ2) is 7.55. The van der Waals surface area contributed by atoms with Crippen LogP contribution in [0.1, 0.15) is 29.2 Å². The molecule has 23 heavy (non-hydrogen) atoms. The molecule has 0 spiro atoms. The third-order valence-corrected chi connectivity index (χ3v) is 4.92. The molecule has 3 rings (SSSR count). The summed E-state index contributed by atoms with van der Waals surface area (Å²) >= 11 is 1.65. The molecule has 0 aliphatic carbocycles. The molecule has 0 aromatic heterocycles. The Bertz CT molecular complexity index is 669. The molecule has 1 unspecified atom stereocenters. The number of para-hydroxylation sites is 1. The third-order valence-electron chi connectivity index (χ3n) is 3.92. The van der Waals surface area contributed by atoms with Crippen LogP contribution in [0.5, 0.6) is 5.75 Å². The maximum Gasteiger partial charge on any atom is 0.230 e. The van der Waals surface area contributed by atoms with Crippen molar-refractivity contribution < 1.29 is 9.53 Å². The molecule has 1 N–H and O–H groups in total. The molecule has 0 radical (unpaired) electrons. The second-order valence-electron chi connectivity index (χ2n) is 5.77. The highest BCUT2D eigenvalue weighted by Crippen LogP contribution is 2.31. The molecule has 1 atom stereocenters. The summed E-state index contributed by atoms with van der Waals surface area (Å²) in [5.41, 5.74) is 3.59. The maximum absolute atomic E-state index is 12.2. The number of rotatable bonds is 5. The van der Waals surface area contributed by atoms with E-state index >= 15 is 0 Å². The summed E-state index contributed by atoms with van der Waals surface area (Å²) in [7, 11) is 0. The van der Waals surface area contributed by atoms with Crippen molar-refractivity contribution >= 4 is 17.7 Å². The van der Waals surface area contributed by atoms with E-state index in [4.69, 9.17) is 4.74 Å². The van der Waals surface area contributed by atoms with Crippen molar-refractivity contribution in [3.05, 3.63) is 65.2 Å². The second-order valence-corrected chi connectivity index (χ2v) is 6.76. The molecule has 2 aromatic rings. The first-order valence-electron chi connectivity index (χ1n) is 7.87. The van der Waals surface area contributed by atoms with Gasteiger partial charge in [0.15, 0.2) is 0 Å². The third kappa shape index (κ3) is 4.29. The minimum Gasteiger partial charge on any atom is -0.493 e. The zero-order valence-corrected chi connectivity index (χ0v) is 14.1. The number of ether oxygens (including phenoxy) is 1. The number of thioether (sulfide) groups is 1. The van der Waals surface area contributed by atoms with Gasteiger partial charge in [-0.25, -0.2) is 0 Å². The first kappa shape index (κ1) is 15.9. The van der Waals surface area contributed by atoms with Crippen molar-refractivity contribution in [3.63, 3.8) is 0 Å². The number of benzene rings is 2. The van der Waals surface area contributed by atoms with E-state index in [1.165, 1.54) is 11.1 Å². The Morgan fingerprint density at radius 3 is 2.83 bits per heavy atom. The summed E-state index contributed by atoms with van der Waals surface area (Å²) in [6, 6.07) is 16.4. The van der Waals surface area contributed by atoms with E-state index in [0.29, 0.717) is 12.4 Å². The van der Waals surface area contributed by atoms with Crippen LogP contribution in [0.4, 0.5) is 0 Å². The quantitative estimate of drug-likeness (QED) is 0.906. The molecule has 1 amide bonds. The fourth-order valence-corrected chi connectivity index (χ4v) is 3.47. The highest BCUT2D eigenvalue weighted by atomic mass is 32.2. The van der Waals surface area contributed by atoms with Crippen molar-refractivity contribution in [2.75, 3.05) is 12.4 Å². The average molecular weight is 327 g/mol. The number of carbonyl (C=O) groups excluding carboxylic acids is 1. The van der Waals surface area contributed by atoms with E-state index in [9.17, 15) is 4.79 Å². The lowest BCUT2D eigenvalue weighted by Gasteiger charge is -2.26. The minimum atomic E-state index is 0.0624. The zero-order chi connectivity index (χ0) is 16.1. The molecule has 1 heterocycles. The highest BCUT2D eigenvalue weighted by molar-refractivity contribution is 7.99. The Morgan fingerprint density at radius 1 is 1.22 bits per heavy atom. The molecular formula is C19H21NO2S. The number of fused-ring (bicyclic) bond motifs is 1. The lowest BCUT2D eigenvalue weighted by molar-refractivity contribution is -0.119. The Morgan fingerprint density at radius 2 is 2.00 bits per heavy atom.